The second-order valence-electron chi connectivity index (χ2n) is 16.4. The van der Waals surface area contributed by atoms with Crippen molar-refractivity contribution in [2.75, 3.05) is 4.90 Å². The van der Waals surface area contributed by atoms with Crippen LogP contribution in [0.15, 0.2) is 133 Å². The molecule has 258 valence electrons. The maximum absolute atomic E-state index is 2.54. The first-order valence-electron chi connectivity index (χ1n) is 19.0. The summed E-state index contributed by atoms with van der Waals surface area (Å²) >= 11 is 0. The minimum atomic E-state index is -0.216. The Morgan fingerprint density at radius 2 is 0.943 bits per heavy atom. The lowest BCUT2D eigenvalue weighted by atomic mass is 9.29. The molecule has 2 aliphatic rings. The van der Waals surface area contributed by atoms with Crippen LogP contribution < -0.4 is 21.3 Å². The SMILES string of the molecule is Cc1cc(C)cc(-c2ccc(N3c4ccc(-c5cc(C)cc(C)c5)cc4B4c5ccccc5C(C)(C)c5c(-c6cc(C)cc(C)c6)ccc3c54)cc2)c1. The molecule has 0 saturated heterocycles. The molecule has 0 fully saturated rings. The number of hydrogen-bond acceptors (Lipinski definition) is 1. The molecule has 2 heterocycles. The normalized spacial score (nSPS) is 13.7. The van der Waals surface area contributed by atoms with Crippen molar-refractivity contribution in [3.8, 4) is 33.4 Å². The lowest BCUT2D eigenvalue weighted by molar-refractivity contribution is 0.647. The van der Waals surface area contributed by atoms with Gasteiger partial charge in [0.05, 0.1) is 0 Å². The molecular formula is C51H46BN. The predicted octanol–water partition coefficient (Wildman–Crippen LogP) is 11.5. The molecule has 0 N–H and O–H groups in total. The van der Waals surface area contributed by atoms with E-state index in [1.807, 2.05) is 0 Å². The van der Waals surface area contributed by atoms with Gasteiger partial charge in [0.1, 0.15) is 0 Å². The summed E-state index contributed by atoms with van der Waals surface area (Å²) in [7, 11) is 0. The van der Waals surface area contributed by atoms with Gasteiger partial charge in [-0.15, -0.1) is 0 Å². The molecular weight excluding hydrogens is 637 g/mol. The fraction of sp³-hybridized carbons (Fsp3) is 0.176. The standard InChI is InChI=1S/C51H46BN/c1-31-21-32(2)25-39(24-31)37-13-16-42(17-14-37)53-47-19-15-38(40-26-33(3)22-34(4)27-40)30-46(47)52-45-12-10-9-11-44(45)51(7,8)49-43(18-20-48(53)50(49)52)41-28-35(5)23-36(6)29-41/h9-30H,1-8H3. The van der Waals surface area contributed by atoms with E-state index in [2.05, 4.69) is 194 Å². The van der Waals surface area contributed by atoms with Crippen molar-refractivity contribution in [2.45, 2.75) is 60.8 Å². The third-order valence-corrected chi connectivity index (χ3v) is 11.7. The van der Waals surface area contributed by atoms with E-state index >= 15 is 0 Å². The molecule has 53 heavy (non-hydrogen) atoms. The third-order valence-electron chi connectivity index (χ3n) is 11.7. The number of benzene rings is 7. The van der Waals surface area contributed by atoms with Crippen LogP contribution in [-0.4, -0.2) is 6.71 Å². The second kappa shape index (κ2) is 12.2. The maximum Gasteiger partial charge on any atom is 0.247 e. The predicted molar refractivity (Wildman–Crippen MR) is 229 cm³/mol. The van der Waals surface area contributed by atoms with Gasteiger partial charge in [-0.25, -0.2) is 0 Å². The Balaban J connectivity index is 1.34. The van der Waals surface area contributed by atoms with E-state index in [0.29, 0.717) is 0 Å². The minimum absolute atomic E-state index is 0.0988. The summed E-state index contributed by atoms with van der Waals surface area (Å²) in [5.41, 5.74) is 25.9. The Morgan fingerprint density at radius 1 is 0.434 bits per heavy atom. The summed E-state index contributed by atoms with van der Waals surface area (Å²) in [4.78, 5) is 2.54. The molecule has 7 aromatic rings. The first-order chi connectivity index (χ1) is 25.5. The first-order valence-corrected chi connectivity index (χ1v) is 19.0. The molecule has 0 amide bonds. The third kappa shape index (κ3) is 5.46. The molecule has 0 radical (unpaired) electrons. The van der Waals surface area contributed by atoms with E-state index in [0.717, 1.165) is 0 Å². The van der Waals surface area contributed by atoms with Gasteiger partial charge in [-0.05, 0) is 121 Å². The van der Waals surface area contributed by atoms with Crippen LogP contribution in [0.3, 0.4) is 0 Å². The van der Waals surface area contributed by atoms with E-state index in [1.165, 1.54) is 111 Å². The highest BCUT2D eigenvalue weighted by atomic mass is 15.1. The van der Waals surface area contributed by atoms with E-state index < -0.39 is 0 Å². The van der Waals surface area contributed by atoms with Crippen molar-refractivity contribution >= 4 is 40.2 Å². The fourth-order valence-corrected chi connectivity index (χ4v) is 9.73. The Kier molecular flexibility index (Phi) is 7.68. The van der Waals surface area contributed by atoms with Gasteiger partial charge in [0.25, 0.3) is 0 Å². The smallest absolute Gasteiger partial charge is 0.247 e. The van der Waals surface area contributed by atoms with Crippen molar-refractivity contribution in [3.63, 3.8) is 0 Å². The van der Waals surface area contributed by atoms with Crippen LogP contribution in [0.2, 0.25) is 0 Å². The van der Waals surface area contributed by atoms with Crippen LogP contribution in [0.5, 0.6) is 0 Å². The zero-order valence-electron chi connectivity index (χ0n) is 32.2. The first kappa shape index (κ1) is 33.3. The lowest BCUT2D eigenvalue weighted by Crippen LogP contribution is -2.64. The molecule has 0 spiro atoms. The van der Waals surface area contributed by atoms with Crippen LogP contribution in [0.4, 0.5) is 17.1 Å². The number of anilines is 3. The molecule has 1 nitrogen and oxygen atoms in total. The van der Waals surface area contributed by atoms with Crippen LogP contribution >= 0.6 is 0 Å². The number of rotatable bonds is 4. The topological polar surface area (TPSA) is 3.24 Å². The van der Waals surface area contributed by atoms with Gasteiger partial charge < -0.3 is 4.90 Å². The average molecular weight is 684 g/mol. The largest absolute Gasteiger partial charge is 0.312 e. The summed E-state index contributed by atoms with van der Waals surface area (Å²) in [6.07, 6.45) is 0. The van der Waals surface area contributed by atoms with Crippen LogP contribution in [0.1, 0.15) is 58.4 Å². The quantitative estimate of drug-likeness (QED) is 0.167. The highest BCUT2D eigenvalue weighted by molar-refractivity contribution is 6.99. The Hall–Kier alpha value is -5.60. The van der Waals surface area contributed by atoms with Crippen LogP contribution in [0.25, 0.3) is 33.4 Å². The number of nitrogens with zero attached hydrogens (tertiary/aromatic N) is 1. The molecule has 7 aromatic carbocycles. The van der Waals surface area contributed by atoms with E-state index in [4.69, 9.17) is 0 Å². The summed E-state index contributed by atoms with van der Waals surface area (Å²) in [5.74, 6) is 0. The van der Waals surface area contributed by atoms with Gasteiger partial charge in [-0.2, -0.15) is 0 Å². The van der Waals surface area contributed by atoms with Crippen molar-refractivity contribution in [1.82, 2.24) is 0 Å². The zero-order chi connectivity index (χ0) is 36.8. The Bertz CT molecular complexity index is 2550. The zero-order valence-corrected chi connectivity index (χ0v) is 32.2. The van der Waals surface area contributed by atoms with Crippen molar-refractivity contribution in [3.05, 3.63) is 178 Å². The molecule has 9 rings (SSSR count). The van der Waals surface area contributed by atoms with Gasteiger partial charge in [-0.1, -0.05) is 162 Å². The summed E-state index contributed by atoms with van der Waals surface area (Å²) < 4.78 is 0. The Morgan fingerprint density at radius 3 is 1.55 bits per heavy atom. The fourth-order valence-electron chi connectivity index (χ4n) is 9.73. The molecule has 0 bridgehead atoms. The minimum Gasteiger partial charge on any atom is -0.312 e. The van der Waals surface area contributed by atoms with Gasteiger partial charge in [0.2, 0.25) is 6.71 Å². The van der Waals surface area contributed by atoms with E-state index in [-0.39, 0.29) is 12.1 Å². The highest BCUT2D eigenvalue weighted by Gasteiger charge is 2.47. The summed E-state index contributed by atoms with van der Waals surface area (Å²) in [6, 6.07) is 51.3. The number of fused-ring (bicyclic) bond motifs is 4. The van der Waals surface area contributed by atoms with Crippen molar-refractivity contribution in [1.29, 1.82) is 0 Å². The second-order valence-corrected chi connectivity index (χ2v) is 16.4. The molecule has 2 aliphatic heterocycles. The molecule has 0 unspecified atom stereocenters. The monoisotopic (exact) mass is 683 g/mol. The van der Waals surface area contributed by atoms with Gasteiger partial charge in [0.15, 0.2) is 0 Å². The molecule has 0 atom stereocenters. The molecule has 0 aromatic heterocycles. The summed E-state index contributed by atoms with van der Waals surface area (Å²) in [6.45, 7) is 18.2. The number of aryl methyl sites for hydroxylation is 6. The van der Waals surface area contributed by atoms with Crippen LogP contribution in [-0.2, 0) is 5.41 Å². The van der Waals surface area contributed by atoms with E-state index in [1.54, 1.807) is 0 Å². The van der Waals surface area contributed by atoms with Gasteiger partial charge in [-0.3, -0.25) is 0 Å². The average Bonchev–Trinajstić information content (AvgIpc) is 3.11. The van der Waals surface area contributed by atoms with Crippen LogP contribution in [0, 0.1) is 41.5 Å². The lowest BCUT2D eigenvalue weighted by Gasteiger charge is -2.46. The molecule has 2 heteroatoms. The number of hydrogen-bond donors (Lipinski definition) is 0. The van der Waals surface area contributed by atoms with E-state index in [9.17, 15) is 0 Å². The summed E-state index contributed by atoms with van der Waals surface area (Å²) in [5, 5.41) is 0. The molecule has 0 saturated carbocycles. The van der Waals surface area contributed by atoms with Crippen molar-refractivity contribution in [2.24, 2.45) is 0 Å². The highest BCUT2D eigenvalue weighted by Crippen LogP contribution is 2.46. The Labute approximate surface area is 316 Å². The van der Waals surface area contributed by atoms with Gasteiger partial charge in [0, 0.05) is 22.5 Å². The van der Waals surface area contributed by atoms with Gasteiger partial charge >= 0.3 is 0 Å². The van der Waals surface area contributed by atoms with Crippen molar-refractivity contribution < 1.29 is 0 Å². The maximum atomic E-state index is 2.54. The molecule has 0 aliphatic carbocycles.